The molecule has 0 N–H and O–H groups in total. The number of sulfonamides is 1. The summed E-state index contributed by atoms with van der Waals surface area (Å²) in [6.07, 6.45) is -0.233. The number of rotatable bonds is 6. The highest BCUT2D eigenvalue weighted by Gasteiger charge is 2.30. The van der Waals surface area contributed by atoms with Crippen LogP contribution in [0.2, 0.25) is 0 Å². The van der Waals surface area contributed by atoms with Crippen molar-refractivity contribution in [1.29, 1.82) is 0 Å². The Hall–Kier alpha value is -1.56. The van der Waals surface area contributed by atoms with Crippen molar-refractivity contribution in [1.82, 2.24) is 4.31 Å². The van der Waals surface area contributed by atoms with E-state index in [1.54, 1.807) is 19.1 Å². The molecule has 0 saturated carbocycles. The number of carbonyl (C=O) groups is 1. The number of hydrogen-bond acceptors (Lipinski definition) is 4. The number of carbonyl (C=O) groups excluding carboxylic acids is 1. The second kappa shape index (κ2) is 7.45. The average molecular weight is 313 g/mol. The van der Waals surface area contributed by atoms with Gasteiger partial charge in [-0.1, -0.05) is 31.5 Å². The molecule has 118 valence electrons. The molecule has 0 bridgehead atoms. The third-order valence-corrected chi connectivity index (χ3v) is 4.77. The van der Waals surface area contributed by atoms with E-state index in [2.05, 4.69) is 0 Å². The fourth-order valence-electron chi connectivity index (χ4n) is 1.72. The lowest BCUT2D eigenvalue weighted by Gasteiger charge is -2.22. The lowest BCUT2D eigenvalue weighted by atomic mass is 10.1. The molecule has 1 amide bonds. The van der Waals surface area contributed by atoms with Gasteiger partial charge in [0.25, 0.3) is 10.0 Å². The smallest absolute Gasteiger partial charge is 0.423 e. The highest BCUT2D eigenvalue weighted by Crippen LogP contribution is 2.19. The summed E-state index contributed by atoms with van der Waals surface area (Å²) in [5.41, 5.74) is 0.957. The summed E-state index contributed by atoms with van der Waals surface area (Å²) in [6.45, 7) is 7.73. The summed E-state index contributed by atoms with van der Waals surface area (Å²) in [5.74, 6) is 0.287. The maximum absolute atomic E-state index is 12.6. The minimum absolute atomic E-state index is 0.102. The summed E-state index contributed by atoms with van der Waals surface area (Å²) in [6, 6.07) is 6.43. The van der Waals surface area contributed by atoms with Crippen molar-refractivity contribution in [2.24, 2.45) is 5.92 Å². The van der Waals surface area contributed by atoms with Gasteiger partial charge in [0.2, 0.25) is 0 Å². The molecular formula is C15H23NO4S. The Bertz CT molecular complexity index is 564. The van der Waals surface area contributed by atoms with Crippen LogP contribution in [0.1, 0.15) is 32.8 Å². The summed E-state index contributed by atoms with van der Waals surface area (Å²) in [5, 5.41) is 0. The van der Waals surface area contributed by atoms with Gasteiger partial charge in [0.15, 0.2) is 0 Å². The number of aryl methyl sites for hydroxylation is 1. The number of nitrogens with zero attached hydrogens (tertiary/aromatic N) is 1. The van der Waals surface area contributed by atoms with E-state index in [1.165, 1.54) is 12.1 Å². The number of hydrogen-bond donors (Lipinski definition) is 0. The Morgan fingerprint density at radius 3 is 2.29 bits per heavy atom. The van der Waals surface area contributed by atoms with Crippen LogP contribution < -0.4 is 0 Å². The second-order valence-electron chi connectivity index (χ2n) is 5.27. The summed E-state index contributed by atoms with van der Waals surface area (Å²) in [4.78, 5) is 12.1. The molecule has 1 aromatic rings. The molecular weight excluding hydrogens is 290 g/mol. The van der Waals surface area contributed by atoms with Gasteiger partial charge >= 0.3 is 6.09 Å². The van der Waals surface area contributed by atoms with Crippen molar-refractivity contribution in [3.05, 3.63) is 29.8 Å². The summed E-state index contributed by atoms with van der Waals surface area (Å²) >= 11 is 0. The third kappa shape index (κ3) is 4.74. The number of ether oxygens (including phenoxy) is 1. The monoisotopic (exact) mass is 313 g/mol. The van der Waals surface area contributed by atoms with E-state index in [9.17, 15) is 13.2 Å². The van der Waals surface area contributed by atoms with E-state index < -0.39 is 16.1 Å². The molecule has 6 heteroatoms. The molecule has 0 radical (unpaired) electrons. The van der Waals surface area contributed by atoms with Gasteiger partial charge in [-0.15, -0.1) is 0 Å². The molecule has 21 heavy (non-hydrogen) atoms. The highest BCUT2D eigenvalue weighted by atomic mass is 32.2. The zero-order valence-corrected chi connectivity index (χ0v) is 13.8. The molecule has 0 atom stereocenters. The van der Waals surface area contributed by atoms with Crippen molar-refractivity contribution in [2.75, 3.05) is 13.2 Å². The normalized spacial score (nSPS) is 11.5. The van der Waals surface area contributed by atoms with Gasteiger partial charge in [0.1, 0.15) is 0 Å². The molecule has 1 aromatic carbocycles. The molecule has 0 aliphatic carbocycles. The van der Waals surface area contributed by atoms with Gasteiger partial charge in [-0.2, -0.15) is 0 Å². The summed E-state index contributed by atoms with van der Waals surface area (Å²) < 4.78 is 30.9. The molecule has 0 unspecified atom stereocenters. The lowest BCUT2D eigenvalue weighted by molar-refractivity contribution is 0.130. The Balaban J connectivity index is 3.09. The van der Waals surface area contributed by atoms with Crippen LogP contribution in [0.25, 0.3) is 0 Å². The van der Waals surface area contributed by atoms with Gasteiger partial charge in [-0.3, -0.25) is 0 Å². The number of amides is 1. The Labute approximate surface area is 127 Å². The second-order valence-corrected chi connectivity index (χ2v) is 7.13. The molecule has 5 nitrogen and oxygen atoms in total. The molecule has 0 heterocycles. The standard InChI is InChI=1S/C15H23NO4S/c1-5-20-15(17)16(11-10-12(2)3)21(18,19)14-8-6-13(4)7-9-14/h6-9,12H,5,10-11H2,1-4H3. The van der Waals surface area contributed by atoms with Gasteiger partial charge in [0.05, 0.1) is 11.5 Å². The first-order valence-corrected chi connectivity index (χ1v) is 8.49. The third-order valence-electron chi connectivity index (χ3n) is 2.99. The van der Waals surface area contributed by atoms with Crippen molar-refractivity contribution >= 4 is 16.1 Å². The molecule has 0 saturated heterocycles. The maximum Gasteiger partial charge on any atom is 0.423 e. The molecule has 0 aliphatic rings. The van der Waals surface area contributed by atoms with E-state index in [4.69, 9.17) is 4.74 Å². The van der Waals surface area contributed by atoms with E-state index in [0.717, 1.165) is 9.87 Å². The minimum Gasteiger partial charge on any atom is -0.449 e. The number of benzene rings is 1. The fraction of sp³-hybridized carbons (Fsp3) is 0.533. The Morgan fingerprint density at radius 2 is 1.81 bits per heavy atom. The fourth-order valence-corrected chi connectivity index (χ4v) is 3.05. The van der Waals surface area contributed by atoms with Crippen LogP contribution in [0.5, 0.6) is 0 Å². The zero-order chi connectivity index (χ0) is 16.0. The first-order chi connectivity index (χ1) is 9.78. The van der Waals surface area contributed by atoms with Crippen LogP contribution in [-0.2, 0) is 14.8 Å². The van der Waals surface area contributed by atoms with Crippen LogP contribution in [-0.4, -0.2) is 32.0 Å². The van der Waals surface area contributed by atoms with Crippen molar-refractivity contribution < 1.29 is 17.9 Å². The maximum atomic E-state index is 12.6. The van der Waals surface area contributed by atoms with E-state index >= 15 is 0 Å². The Morgan fingerprint density at radius 1 is 1.24 bits per heavy atom. The van der Waals surface area contributed by atoms with Gasteiger partial charge in [0, 0.05) is 6.54 Å². The van der Waals surface area contributed by atoms with Crippen molar-refractivity contribution in [2.45, 2.75) is 39.0 Å². The Kier molecular flexibility index (Phi) is 6.20. The average Bonchev–Trinajstić information content (AvgIpc) is 2.39. The predicted octanol–water partition coefficient (Wildman–Crippen LogP) is 3.19. The van der Waals surface area contributed by atoms with Crippen LogP contribution in [0, 0.1) is 12.8 Å². The van der Waals surface area contributed by atoms with Crippen LogP contribution >= 0.6 is 0 Å². The van der Waals surface area contributed by atoms with E-state index in [0.29, 0.717) is 6.42 Å². The minimum atomic E-state index is -3.88. The van der Waals surface area contributed by atoms with Gasteiger partial charge < -0.3 is 4.74 Å². The van der Waals surface area contributed by atoms with Gasteiger partial charge in [-0.05, 0) is 38.3 Å². The quantitative estimate of drug-likeness (QED) is 0.809. The SMILES string of the molecule is CCOC(=O)N(CCC(C)C)S(=O)(=O)c1ccc(C)cc1. The molecule has 0 fully saturated rings. The highest BCUT2D eigenvalue weighted by molar-refractivity contribution is 7.89. The summed E-state index contributed by atoms with van der Waals surface area (Å²) in [7, 11) is -3.88. The van der Waals surface area contributed by atoms with Crippen LogP contribution in [0.3, 0.4) is 0 Å². The predicted molar refractivity (Wildman–Crippen MR) is 81.5 cm³/mol. The lowest BCUT2D eigenvalue weighted by Crippen LogP contribution is -2.38. The van der Waals surface area contributed by atoms with E-state index in [1.807, 2.05) is 20.8 Å². The molecule has 0 aromatic heterocycles. The first kappa shape index (κ1) is 17.5. The van der Waals surface area contributed by atoms with E-state index in [-0.39, 0.29) is 24.0 Å². The first-order valence-electron chi connectivity index (χ1n) is 7.05. The largest absolute Gasteiger partial charge is 0.449 e. The van der Waals surface area contributed by atoms with Crippen molar-refractivity contribution in [3.8, 4) is 0 Å². The molecule has 0 spiro atoms. The van der Waals surface area contributed by atoms with Crippen LogP contribution in [0.15, 0.2) is 29.2 Å². The topological polar surface area (TPSA) is 63.7 Å². The molecule has 1 rings (SSSR count). The zero-order valence-electron chi connectivity index (χ0n) is 13.0. The van der Waals surface area contributed by atoms with Crippen LogP contribution in [0.4, 0.5) is 4.79 Å². The van der Waals surface area contributed by atoms with Gasteiger partial charge in [-0.25, -0.2) is 17.5 Å². The molecule has 0 aliphatic heterocycles. The van der Waals surface area contributed by atoms with Crippen molar-refractivity contribution in [3.63, 3.8) is 0 Å².